The number of anilines is 2. The van der Waals surface area contributed by atoms with E-state index in [1.165, 1.54) is 25.7 Å². The van der Waals surface area contributed by atoms with Crippen molar-refractivity contribution in [2.45, 2.75) is 31.7 Å². The first kappa shape index (κ1) is 18.0. The Morgan fingerprint density at radius 2 is 1.71 bits per heavy atom. The molecule has 0 spiro atoms. The predicted octanol–water partition coefficient (Wildman–Crippen LogP) is 5.48. The normalized spacial score (nSPS) is 13.9. The monoisotopic (exact) mass is 373 g/mol. The third kappa shape index (κ3) is 4.49. The Balaban J connectivity index is 1.48. The van der Waals surface area contributed by atoms with Gasteiger partial charge in [0.2, 0.25) is 0 Å². The lowest BCUT2D eigenvalue weighted by Gasteiger charge is -2.14. The zero-order valence-electron chi connectivity index (χ0n) is 15.6. The number of pyridine rings is 1. The summed E-state index contributed by atoms with van der Waals surface area (Å²) in [5.74, 6) is 1.03. The van der Waals surface area contributed by atoms with Gasteiger partial charge >= 0.3 is 0 Å². The number of ether oxygens (including phenoxy) is 1. The first-order chi connectivity index (χ1) is 13.8. The third-order valence-corrected chi connectivity index (χ3v) is 4.82. The Kier molecular flexibility index (Phi) is 5.52. The molecule has 3 aromatic rings. The van der Waals surface area contributed by atoms with Crippen LogP contribution in [0.2, 0.25) is 0 Å². The van der Waals surface area contributed by atoms with E-state index >= 15 is 0 Å². The zero-order valence-corrected chi connectivity index (χ0v) is 15.6. The number of amides is 1. The molecule has 0 aliphatic heterocycles. The molecular weight excluding hydrogens is 350 g/mol. The van der Waals surface area contributed by atoms with Crippen LogP contribution >= 0.6 is 0 Å². The van der Waals surface area contributed by atoms with Crippen molar-refractivity contribution in [1.29, 1.82) is 0 Å². The fraction of sp³-hybridized carbons (Fsp3) is 0.217. The van der Waals surface area contributed by atoms with Gasteiger partial charge in [0.25, 0.3) is 5.91 Å². The van der Waals surface area contributed by atoms with Crippen LogP contribution < -0.4 is 15.4 Å². The van der Waals surface area contributed by atoms with Gasteiger partial charge in [-0.05, 0) is 49.2 Å². The Labute approximate surface area is 164 Å². The van der Waals surface area contributed by atoms with Gasteiger partial charge in [-0.3, -0.25) is 9.78 Å². The van der Waals surface area contributed by atoms with Crippen LogP contribution in [-0.2, 0) is 0 Å². The quantitative estimate of drug-likeness (QED) is 0.600. The molecular formula is C23H23N3O2. The summed E-state index contributed by atoms with van der Waals surface area (Å²) in [5, 5.41) is 6.41. The number of carbonyl (C=O) groups excluding carboxylic acids is 1. The van der Waals surface area contributed by atoms with E-state index in [4.69, 9.17) is 4.74 Å². The van der Waals surface area contributed by atoms with Crippen molar-refractivity contribution in [3.8, 4) is 11.5 Å². The molecule has 1 aliphatic carbocycles. The number of para-hydroxylation sites is 3. The fourth-order valence-corrected chi connectivity index (χ4v) is 3.41. The van der Waals surface area contributed by atoms with E-state index in [2.05, 4.69) is 15.6 Å². The summed E-state index contributed by atoms with van der Waals surface area (Å²) >= 11 is 0. The van der Waals surface area contributed by atoms with Crippen molar-refractivity contribution in [1.82, 2.24) is 4.98 Å². The van der Waals surface area contributed by atoms with Crippen molar-refractivity contribution in [2.24, 2.45) is 0 Å². The molecule has 0 unspecified atom stereocenters. The molecule has 28 heavy (non-hydrogen) atoms. The molecule has 2 aromatic carbocycles. The summed E-state index contributed by atoms with van der Waals surface area (Å²) in [6.07, 6.45) is 6.53. The minimum absolute atomic E-state index is 0.265. The van der Waals surface area contributed by atoms with E-state index in [0.717, 1.165) is 5.69 Å². The molecule has 0 radical (unpaired) electrons. The molecule has 142 valence electrons. The molecule has 1 aromatic heterocycles. The van der Waals surface area contributed by atoms with Gasteiger partial charge < -0.3 is 15.4 Å². The van der Waals surface area contributed by atoms with E-state index in [9.17, 15) is 4.79 Å². The van der Waals surface area contributed by atoms with Crippen LogP contribution in [-0.4, -0.2) is 16.9 Å². The van der Waals surface area contributed by atoms with Crippen molar-refractivity contribution in [3.63, 3.8) is 0 Å². The van der Waals surface area contributed by atoms with Gasteiger partial charge in [0.15, 0.2) is 5.75 Å². The molecule has 1 saturated carbocycles. The number of benzene rings is 2. The maximum absolute atomic E-state index is 12.8. The molecule has 1 aliphatic rings. The van der Waals surface area contributed by atoms with Gasteiger partial charge in [-0.15, -0.1) is 0 Å². The van der Waals surface area contributed by atoms with Crippen LogP contribution in [0.1, 0.15) is 36.2 Å². The molecule has 5 nitrogen and oxygen atoms in total. The van der Waals surface area contributed by atoms with Crippen LogP contribution in [0.15, 0.2) is 72.9 Å². The van der Waals surface area contributed by atoms with Crippen LogP contribution in [0.4, 0.5) is 11.4 Å². The Morgan fingerprint density at radius 1 is 0.964 bits per heavy atom. The molecule has 4 rings (SSSR count). The summed E-state index contributed by atoms with van der Waals surface area (Å²) in [4.78, 5) is 17.0. The lowest BCUT2D eigenvalue weighted by Crippen LogP contribution is -2.17. The summed E-state index contributed by atoms with van der Waals surface area (Å²) in [5.41, 5.74) is 1.91. The van der Waals surface area contributed by atoms with E-state index in [1.807, 2.05) is 60.7 Å². The highest BCUT2D eigenvalue weighted by molar-refractivity contribution is 6.04. The number of hydrogen-bond donors (Lipinski definition) is 2. The predicted molar refractivity (Wildman–Crippen MR) is 111 cm³/mol. The lowest BCUT2D eigenvalue weighted by atomic mass is 10.2. The van der Waals surface area contributed by atoms with Crippen molar-refractivity contribution in [3.05, 3.63) is 78.6 Å². The Bertz CT molecular complexity index is 937. The molecule has 1 amide bonds. The van der Waals surface area contributed by atoms with Gasteiger partial charge in [0.05, 0.1) is 5.69 Å². The number of nitrogens with zero attached hydrogens (tertiary/aromatic N) is 1. The smallest absolute Gasteiger partial charge is 0.274 e. The zero-order chi connectivity index (χ0) is 19.2. The second-order valence-corrected chi connectivity index (χ2v) is 6.92. The average molecular weight is 373 g/mol. The lowest BCUT2D eigenvalue weighted by molar-refractivity contribution is 0.102. The van der Waals surface area contributed by atoms with Crippen molar-refractivity contribution in [2.75, 3.05) is 10.6 Å². The first-order valence-electron chi connectivity index (χ1n) is 9.64. The number of rotatable bonds is 6. The molecule has 5 heteroatoms. The minimum Gasteiger partial charge on any atom is -0.455 e. The van der Waals surface area contributed by atoms with E-state index in [0.29, 0.717) is 28.9 Å². The molecule has 1 fully saturated rings. The largest absolute Gasteiger partial charge is 0.455 e. The number of hydrogen-bond acceptors (Lipinski definition) is 4. The standard InChI is InChI=1S/C23H23N3O2/c27-23(21-16-18(14-15-24-21)25-17-8-4-5-9-17)26-20-12-6-7-13-22(20)28-19-10-2-1-3-11-19/h1-3,6-7,10-17H,4-5,8-9H2,(H,24,25)(H,26,27). The van der Waals surface area contributed by atoms with Crippen LogP contribution in [0.25, 0.3) is 0 Å². The summed E-state index contributed by atoms with van der Waals surface area (Å²) in [6.45, 7) is 0. The first-order valence-corrected chi connectivity index (χ1v) is 9.64. The van der Waals surface area contributed by atoms with Crippen molar-refractivity contribution < 1.29 is 9.53 Å². The van der Waals surface area contributed by atoms with Crippen LogP contribution in [0.3, 0.4) is 0 Å². The summed E-state index contributed by atoms with van der Waals surface area (Å²) in [7, 11) is 0. The minimum atomic E-state index is -0.265. The second kappa shape index (κ2) is 8.57. The number of carbonyl (C=O) groups is 1. The highest BCUT2D eigenvalue weighted by Gasteiger charge is 2.16. The van der Waals surface area contributed by atoms with Crippen LogP contribution in [0, 0.1) is 0 Å². The third-order valence-electron chi connectivity index (χ3n) is 4.82. The van der Waals surface area contributed by atoms with E-state index in [-0.39, 0.29) is 5.91 Å². The van der Waals surface area contributed by atoms with Gasteiger partial charge in [-0.1, -0.05) is 43.2 Å². The van der Waals surface area contributed by atoms with Gasteiger partial charge in [0.1, 0.15) is 11.4 Å². The van der Waals surface area contributed by atoms with Gasteiger partial charge in [-0.2, -0.15) is 0 Å². The maximum Gasteiger partial charge on any atom is 0.274 e. The van der Waals surface area contributed by atoms with Crippen LogP contribution in [0.5, 0.6) is 11.5 Å². The maximum atomic E-state index is 12.8. The number of nitrogens with one attached hydrogen (secondary N) is 2. The van der Waals surface area contributed by atoms with E-state index in [1.54, 1.807) is 12.3 Å². The topological polar surface area (TPSA) is 63.2 Å². The summed E-state index contributed by atoms with van der Waals surface area (Å²) in [6, 6.07) is 21.1. The van der Waals surface area contributed by atoms with E-state index < -0.39 is 0 Å². The average Bonchev–Trinajstić information content (AvgIpc) is 3.23. The second-order valence-electron chi connectivity index (χ2n) is 6.92. The number of aromatic nitrogens is 1. The highest BCUT2D eigenvalue weighted by atomic mass is 16.5. The molecule has 2 N–H and O–H groups in total. The highest BCUT2D eigenvalue weighted by Crippen LogP contribution is 2.29. The summed E-state index contributed by atoms with van der Waals surface area (Å²) < 4.78 is 5.91. The van der Waals surface area contributed by atoms with Crippen molar-refractivity contribution >= 4 is 17.3 Å². The van der Waals surface area contributed by atoms with Gasteiger partial charge in [-0.25, -0.2) is 0 Å². The van der Waals surface area contributed by atoms with Gasteiger partial charge in [0, 0.05) is 17.9 Å². The Hall–Kier alpha value is -3.34. The molecule has 1 heterocycles. The molecule has 0 bridgehead atoms. The molecule has 0 saturated heterocycles. The SMILES string of the molecule is O=C(Nc1ccccc1Oc1ccccc1)c1cc(NC2CCCC2)ccn1. The molecule has 0 atom stereocenters. The fourth-order valence-electron chi connectivity index (χ4n) is 3.41. The Morgan fingerprint density at radius 3 is 2.54 bits per heavy atom.